The molecular formula is C8H6ClF2NO3. The third-order valence-electron chi connectivity index (χ3n) is 1.69. The number of carboxylic acid groups (broad SMARTS) is 1. The van der Waals surface area contributed by atoms with Crippen molar-refractivity contribution in [1.82, 2.24) is 4.98 Å². The first kappa shape index (κ1) is 11.6. The highest BCUT2D eigenvalue weighted by Gasteiger charge is 2.22. The van der Waals surface area contributed by atoms with Crippen LogP contribution in [0.2, 0.25) is 5.15 Å². The molecule has 0 aromatic carbocycles. The molecule has 0 aliphatic rings. The number of aromatic hydroxyl groups is 1. The van der Waals surface area contributed by atoms with E-state index in [9.17, 15) is 18.7 Å². The number of aromatic nitrogens is 1. The first-order valence-electron chi connectivity index (χ1n) is 3.79. The zero-order chi connectivity index (χ0) is 11.6. The van der Waals surface area contributed by atoms with Crippen LogP contribution < -0.4 is 0 Å². The van der Waals surface area contributed by atoms with Crippen LogP contribution in [0.4, 0.5) is 8.78 Å². The molecule has 0 radical (unpaired) electrons. The Bertz CT molecular complexity index is 398. The first-order chi connectivity index (χ1) is 6.93. The van der Waals surface area contributed by atoms with Crippen molar-refractivity contribution in [3.63, 3.8) is 0 Å². The monoisotopic (exact) mass is 237 g/mol. The summed E-state index contributed by atoms with van der Waals surface area (Å²) in [5.74, 6) is -2.16. The summed E-state index contributed by atoms with van der Waals surface area (Å²) in [5, 5.41) is 17.2. The molecule has 0 saturated carbocycles. The Balaban J connectivity index is 3.26. The number of alkyl halides is 2. The van der Waals surface area contributed by atoms with E-state index in [1.165, 1.54) is 0 Å². The number of hydrogen-bond donors (Lipinski definition) is 2. The molecule has 0 saturated heterocycles. The van der Waals surface area contributed by atoms with Gasteiger partial charge in [-0.3, -0.25) is 4.79 Å². The molecule has 0 bridgehead atoms. The second-order valence-electron chi connectivity index (χ2n) is 2.71. The van der Waals surface area contributed by atoms with Crippen molar-refractivity contribution in [2.45, 2.75) is 12.8 Å². The van der Waals surface area contributed by atoms with E-state index in [0.29, 0.717) is 0 Å². The second kappa shape index (κ2) is 4.39. The molecule has 0 fully saturated rings. The number of nitrogens with zero attached hydrogens (tertiary/aromatic N) is 1. The standard InChI is InChI=1S/C8H6ClF2NO3/c9-7-6(15)5(8(10)11)3(2-12-7)1-4(13)14/h2,8,15H,1H2,(H,13,14). The molecule has 15 heavy (non-hydrogen) atoms. The van der Waals surface area contributed by atoms with Gasteiger partial charge in [0.05, 0.1) is 12.0 Å². The summed E-state index contributed by atoms with van der Waals surface area (Å²) in [5.41, 5.74) is -1.03. The minimum absolute atomic E-state index is 0.251. The van der Waals surface area contributed by atoms with Gasteiger partial charge in [-0.15, -0.1) is 0 Å². The number of rotatable bonds is 3. The highest BCUT2D eigenvalue weighted by Crippen LogP contribution is 2.35. The van der Waals surface area contributed by atoms with Gasteiger partial charge in [-0.2, -0.15) is 0 Å². The molecule has 0 atom stereocenters. The average Bonchev–Trinajstić information content (AvgIpc) is 2.10. The molecule has 1 aromatic rings. The minimum atomic E-state index is -3.00. The van der Waals surface area contributed by atoms with Crippen molar-refractivity contribution < 1.29 is 23.8 Å². The van der Waals surface area contributed by atoms with Crippen molar-refractivity contribution in [2.75, 3.05) is 0 Å². The van der Waals surface area contributed by atoms with Gasteiger partial charge in [0.2, 0.25) is 0 Å². The SMILES string of the molecule is O=C(O)Cc1cnc(Cl)c(O)c1C(F)F. The largest absolute Gasteiger partial charge is 0.504 e. The zero-order valence-corrected chi connectivity index (χ0v) is 8.00. The fourth-order valence-corrected chi connectivity index (χ4v) is 1.23. The molecule has 0 aliphatic heterocycles. The maximum absolute atomic E-state index is 12.5. The van der Waals surface area contributed by atoms with Crippen LogP contribution in [0.5, 0.6) is 5.75 Å². The molecule has 2 N–H and O–H groups in total. The van der Waals surface area contributed by atoms with Crippen LogP contribution >= 0.6 is 11.6 Å². The highest BCUT2D eigenvalue weighted by atomic mass is 35.5. The van der Waals surface area contributed by atoms with Crippen LogP contribution in [0.15, 0.2) is 6.20 Å². The van der Waals surface area contributed by atoms with Gasteiger partial charge >= 0.3 is 5.97 Å². The lowest BCUT2D eigenvalue weighted by Gasteiger charge is -2.09. The fourth-order valence-electron chi connectivity index (χ4n) is 1.08. The van der Waals surface area contributed by atoms with E-state index in [1.807, 2.05) is 0 Å². The molecule has 0 aliphatic carbocycles. The molecule has 1 aromatic heterocycles. The second-order valence-corrected chi connectivity index (χ2v) is 3.07. The molecule has 0 unspecified atom stereocenters. The van der Waals surface area contributed by atoms with Crippen molar-refractivity contribution in [1.29, 1.82) is 0 Å². The summed E-state index contributed by atoms with van der Waals surface area (Å²) in [6.07, 6.45) is -2.73. The van der Waals surface area contributed by atoms with Crippen LogP contribution in [-0.4, -0.2) is 21.2 Å². The van der Waals surface area contributed by atoms with Crippen molar-refractivity contribution in [3.05, 3.63) is 22.5 Å². The molecule has 0 spiro atoms. The number of aliphatic carboxylic acids is 1. The van der Waals surface area contributed by atoms with Crippen LogP contribution in [0.1, 0.15) is 17.6 Å². The Morgan fingerprint density at radius 1 is 1.60 bits per heavy atom. The lowest BCUT2D eigenvalue weighted by atomic mass is 10.1. The van der Waals surface area contributed by atoms with Crippen LogP contribution in [0, 0.1) is 0 Å². The summed E-state index contributed by atoms with van der Waals surface area (Å²) in [4.78, 5) is 13.7. The van der Waals surface area contributed by atoms with Gasteiger partial charge in [-0.1, -0.05) is 11.6 Å². The smallest absolute Gasteiger partial charge is 0.307 e. The Labute approximate surface area is 88.1 Å². The van der Waals surface area contributed by atoms with Gasteiger partial charge in [0.15, 0.2) is 10.9 Å². The number of hydrogen-bond acceptors (Lipinski definition) is 3. The third-order valence-corrected chi connectivity index (χ3v) is 1.97. The minimum Gasteiger partial charge on any atom is -0.504 e. The number of pyridine rings is 1. The molecule has 0 amide bonds. The summed E-state index contributed by atoms with van der Waals surface area (Å²) >= 11 is 5.32. The average molecular weight is 238 g/mol. The van der Waals surface area contributed by atoms with E-state index in [4.69, 9.17) is 16.7 Å². The maximum atomic E-state index is 12.5. The highest BCUT2D eigenvalue weighted by molar-refractivity contribution is 6.30. The van der Waals surface area contributed by atoms with Gasteiger partial charge < -0.3 is 10.2 Å². The summed E-state index contributed by atoms with van der Waals surface area (Å²) in [7, 11) is 0. The van der Waals surface area contributed by atoms with E-state index < -0.39 is 35.3 Å². The third kappa shape index (κ3) is 2.53. The van der Waals surface area contributed by atoms with Crippen LogP contribution in [0.3, 0.4) is 0 Å². The Morgan fingerprint density at radius 2 is 2.20 bits per heavy atom. The van der Waals surface area contributed by atoms with Gasteiger partial charge in [0.25, 0.3) is 6.43 Å². The van der Waals surface area contributed by atoms with E-state index in [-0.39, 0.29) is 5.56 Å². The van der Waals surface area contributed by atoms with Crippen LogP contribution in [0.25, 0.3) is 0 Å². The Hall–Kier alpha value is -1.43. The predicted octanol–water partition coefficient (Wildman–Crippen LogP) is 2.01. The summed E-state index contributed by atoms with van der Waals surface area (Å²) in [6.45, 7) is 0. The molecule has 4 nitrogen and oxygen atoms in total. The number of carboxylic acids is 1. The fraction of sp³-hybridized carbons (Fsp3) is 0.250. The number of halogens is 3. The van der Waals surface area contributed by atoms with E-state index in [2.05, 4.69) is 4.98 Å². The predicted molar refractivity (Wildman–Crippen MR) is 47.2 cm³/mol. The Morgan fingerprint density at radius 3 is 2.67 bits per heavy atom. The molecule has 1 rings (SSSR count). The van der Waals surface area contributed by atoms with Gasteiger partial charge in [0.1, 0.15) is 0 Å². The van der Waals surface area contributed by atoms with E-state index in [1.54, 1.807) is 0 Å². The van der Waals surface area contributed by atoms with Crippen molar-refractivity contribution in [3.8, 4) is 5.75 Å². The molecule has 1 heterocycles. The van der Waals surface area contributed by atoms with Crippen LogP contribution in [-0.2, 0) is 11.2 Å². The lowest BCUT2D eigenvalue weighted by Crippen LogP contribution is -2.05. The van der Waals surface area contributed by atoms with Crippen molar-refractivity contribution in [2.24, 2.45) is 0 Å². The zero-order valence-electron chi connectivity index (χ0n) is 7.25. The quantitative estimate of drug-likeness (QED) is 0.789. The van der Waals surface area contributed by atoms with E-state index in [0.717, 1.165) is 6.20 Å². The van der Waals surface area contributed by atoms with Gasteiger partial charge in [-0.25, -0.2) is 13.8 Å². The first-order valence-corrected chi connectivity index (χ1v) is 4.17. The maximum Gasteiger partial charge on any atom is 0.307 e. The normalized spacial score (nSPS) is 10.7. The van der Waals surface area contributed by atoms with E-state index >= 15 is 0 Å². The number of carbonyl (C=O) groups is 1. The topological polar surface area (TPSA) is 70.4 Å². The lowest BCUT2D eigenvalue weighted by molar-refractivity contribution is -0.136. The van der Waals surface area contributed by atoms with Gasteiger partial charge in [-0.05, 0) is 5.56 Å². The summed E-state index contributed by atoms with van der Waals surface area (Å²) < 4.78 is 25.0. The Kier molecular flexibility index (Phi) is 3.41. The summed E-state index contributed by atoms with van der Waals surface area (Å²) in [6, 6.07) is 0. The molecule has 82 valence electrons. The molecular weight excluding hydrogens is 232 g/mol. The van der Waals surface area contributed by atoms with Gasteiger partial charge in [0, 0.05) is 6.20 Å². The van der Waals surface area contributed by atoms with Crippen molar-refractivity contribution >= 4 is 17.6 Å². The molecule has 7 heteroatoms.